The van der Waals surface area contributed by atoms with Gasteiger partial charge in [0.2, 0.25) is 5.91 Å². The zero-order chi connectivity index (χ0) is 23.6. The fourth-order valence-electron chi connectivity index (χ4n) is 4.16. The average molecular weight is 492 g/mol. The summed E-state index contributed by atoms with van der Waals surface area (Å²) in [5.41, 5.74) is 3.44. The van der Waals surface area contributed by atoms with Gasteiger partial charge < -0.3 is 20.4 Å². The molecule has 4 rings (SSSR count). The number of amides is 1. The van der Waals surface area contributed by atoms with E-state index in [9.17, 15) is 13.2 Å². The van der Waals surface area contributed by atoms with Crippen LogP contribution in [0.1, 0.15) is 24.1 Å². The Labute approximate surface area is 197 Å². The van der Waals surface area contributed by atoms with E-state index < -0.39 is 9.84 Å². The number of sulfone groups is 1. The molecule has 1 amide bonds. The first-order chi connectivity index (χ1) is 15.7. The van der Waals surface area contributed by atoms with Gasteiger partial charge in [-0.3, -0.25) is 4.79 Å². The van der Waals surface area contributed by atoms with E-state index in [-0.39, 0.29) is 17.6 Å². The lowest BCUT2D eigenvalue weighted by molar-refractivity contribution is -0.125. The molecule has 2 heterocycles. The van der Waals surface area contributed by atoms with E-state index in [1.54, 1.807) is 25.3 Å². The Morgan fingerprint density at radius 1 is 1.33 bits per heavy atom. The molecular weight excluding hydrogens is 466 g/mol. The lowest BCUT2D eigenvalue weighted by atomic mass is 9.86. The molecule has 0 fully saturated rings. The second kappa shape index (κ2) is 9.56. The monoisotopic (exact) mass is 491 g/mol. The van der Waals surface area contributed by atoms with Crippen LogP contribution in [0.15, 0.2) is 24.5 Å². The normalized spacial score (nSPS) is 15.8. The number of benzene rings is 1. The Hall–Kier alpha value is -2.85. The summed E-state index contributed by atoms with van der Waals surface area (Å²) < 4.78 is 28.0. The standard InChI is InChI=1S/C22H26ClN5O4S/c1-32-18-7-5-14(23)11-17(18)28-21-19-15-10-13(22(29)24-8-3-9-33(2,30)31)4-6-16(15)27-20(19)25-12-26-21/h5,7,11-13H,3-4,6,8-10H2,1-2H3,(H,24,29)(H2,25,26,27,28). The number of hydrogen-bond acceptors (Lipinski definition) is 7. The smallest absolute Gasteiger partial charge is 0.223 e. The molecule has 2 aromatic heterocycles. The third-order valence-electron chi connectivity index (χ3n) is 5.75. The minimum atomic E-state index is -3.04. The molecule has 33 heavy (non-hydrogen) atoms. The van der Waals surface area contributed by atoms with Crippen molar-refractivity contribution >= 4 is 49.9 Å². The molecule has 3 aromatic rings. The highest BCUT2D eigenvalue weighted by molar-refractivity contribution is 7.90. The molecule has 0 saturated carbocycles. The third kappa shape index (κ3) is 5.39. The van der Waals surface area contributed by atoms with Crippen LogP contribution >= 0.6 is 11.6 Å². The fraction of sp³-hybridized carbons (Fsp3) is 0.409. The predicted molar refractivity (Wildman–Crippen MR) is 128 cm³/mol. The number of H-pyrrole nitrogens is 1. The van der Waals surface area contributed by atoms with Crippen molar-refractivity contribution in [3.8, 4) is 5.75 Å². The Kier molecular flexibility index (Phi) is 6.76. The third-order valence-corrected chi connectivity index (χ3v) is 7.02. The number of nitrogens with zero attached hydrogens (tertiary/aromatic N) is 2. The van der Waals surface area contributed by atoms with Crippen LogP contribution in [0.2, 0.25) is 5.02 Å². The minimum Gasteiger partial charge on any atom is -0.495 e. The summed E-state index contributed by atoms with van der Waals surface area (Å²) in [6.07, 6.45) is 5.04. The van der Waals surface area contributed by atoms with Crippen LogP contribution in [0.3, 0.4) is 0 Å². The molecule has 9 nitrogen and oxygen atoms in total. The highest BCUT2D eigenvalue weighted by Gasteiger charge is 2.29. The van der Waals surface area contributed by atoms with E-state index in [1.807, 2.05) is 0 Å². The molecule has 0 bridgehead atoms. The van der Waals surface area contributed by atoms with Crippen molar-refractivity contribution in [3.63, 3.8) is 0 Å². The van der Waals surface area contributed by atoms with Crippen LogP contribution in [0.5, 0.6) is 5.75 Å². The first kappa shape index (κ1) is 23.3. The number of methoxy groups -OCH3 is 1. The van der Waals surface area contributed by atoms with Crippen molar-refractivity contribution in [2.75, 3.05) is 31.0 Å². The van der Waals surface area contributed by atoms with Gasteiger partial charge in [0.25, 0.3) is 0 Å². The molecule has 0 radical (unpaired) electrons. The summed E-state index contributed by atoms with van der Waals surface area (Å²) in [5.74, 6) is 1.02. The van der Waals surface area contributed by atoms with Crippen molar-refractivity contribution in [2.45, 2.75) is 25.7 Å². The van der Waals surface area contributed by atoms with Gasteiger partial charge in [-0.15, -0.1) is 0 Å². The Balaban J connectivity index is 1.56. The van der Waals surface area contributed by atoms with Crippen molar-refractivity contribution in [1.82, 2.24) is 20.3 Å². The van der Waals surface area contributed by atoms with Crippen molar-refractivity contribution in [1.29, 1.82) is 0 Å². The van der Waals surface area contributed by atoms with Gasteiger partial charge >= 0.3 is 0 Å². The summed E-state index contributed by atoms with van der Waals surface area (Å²) in [6, 6.07) is 5.29. The maximum atomic E-state index is 12.7. The molecule has 1 atom stereocenters. The maximum absolute atomic E-state index is 12.7. The van der Waals surface area contributed by atoms with E-state index in [0.29, 0.717) is 60.2 Å². The summed E-state index contributed by atoms with van der Waals surface area (Å²) in [4.78, 5) is 24.9. The molecule has 3 N–H and O–H groups in total. The molecule has 11 heteroatoms. The first-order valence-corrected chi connectivity index (χ1v) is 13.1. The molecule has 0 saturated heterocycles. The van der Waals surface area contributed by atoms with Gasteiger partial charge in [0.15, 0.2) is 0 Å². The summed E-state index contributed by atoms with van der Waals surface area (Å²) in [6.45, 7) is 0.341. The molecule has 1 aromatic carbocycles. The lowest BCUT2D eigenvalue weighted by Crippen LogP contribution is -2.35. The van der Waals surface area contributed by atoms with Crippen LogP contribution in [-0.4, -0.2) is 54.9 Å². The number of halogens is 1. The number of aryl methyl sites for hydroxylation is 1. The van der Waals surface area contributed by atoms with Crippen molar-refractivity contribution in [3.05, 3.63) is 40.8 Å². The molecule has 1 aliphatic rings. The largest absolute Gasteiger partial charge is 0.495 e. The van der Waals surface area contributed by atoms with Gasteiger partial charge in [0.1, 0.15) is 33.4 Å². The van der Waals surface area contributed by atoms with Crippen LogP contribution in [0, 0.1) is 5.92 Å². The second-order valence-electron chi connectivity index (χ2n) is 8.21. The highest BCUT2D eigenvalue weighted by atomic mass is 35.5. The quantitative estimate of drug-likeness (QED) is 0.413. The summed E-state index contributed by atoms with van der Waals surface area (Å²) in [7, 11) is -1.45. The number of fused-ring (bicyclic) bond motifs is 3. The number of carbonyl (C=O) groups excluding carboxylic acids is 1. The molecular formula is C22H26ClN5O4S. The van der Waals surface area contributed by atoms with Gasteiger partial charge in [0, 0.05) is 29.4 Å². The molecule has 1 aliphatic carbocycles. The van der Waals surface area contributed by atoms with Crippen LogP contribution in [-0.2, 0) is 27.5 Å². The zero-order valence-corrected chi connectivity index (χ0v) is 20.0. The van der Waals surface area contributed by atoms with E-state index in [0.717, 1.165) is 16.6 Å². The second-order valence-corrected chi connectivity index (χ2v) is 10.9. The summed E-state index contributed by atoms with van der Waals surface area (Å²) >= 11 is 6.17. The van der Waals surface area contributed by atoms with Gasteiger partial charge in [-0.25, -0.2) is 18.4 Å². The SMILES string of the molecule is COc1ccc(Cl)cc1Nc1ncnc2[nH]c3c(c12)CC(C(=O)NCCCS(C)(=O)=O)CC3. The maximum Gasteiger partial charge on any atom is 0.223 e. The van der Waals surface area contributed by atoms with E-state index in [4.69, 9.17) is 16.3 Å². The van der Waals surface area contributed by atoms with E-state index >= 15 is 0 Å². The van der Waals surface area contributed by atoms with Gasteiger partial charge in [-0.05, 0) is 49.4 Å². The molecule has 1 unspecified atom stereocenters. The number of hydrogen-bond donors (Lipinski definition) is 3. The number of ether oxygens (including phenoxy) is 1. The first-order valence-electron chi connectivity index (χ1n) is 10.7. The lowest BCUT2D eigenvalue weighted by Gasteiger charge is -2.22. The Morgan fingerprint density at radius 3 is 2.91 bits per heavy atom. The number of carbonyl (C=O) groups is 1. The minimum absolute atomic E-state index is 0.0594. The molecule has 0 aliphatic heterocycles. The average Bonchev–Trinajstić information content (AvgIpc) is 3.15. The topological polar surface area (TPSA) is 126 Å². The van der Waals surface area contributed by atoms with Gasteiger partial charge in [-0.1, -0.05) is 11.6 Å². The Bertz CT molecular complexity index is 1290. The van der Waals surface area contributed by atoms with Crippen LogP contribution in [0.4, 0.5) is 11.5 Å². The van der Waals surface area contributed by atoms with Crippen molar-refractivity contribution in [2.24, 2.45) is 5.92 Å². The number of aromatic nitrogens is 3. The van der Waals surface area contributed by atoms with E-state index in [2.05, 4.69) is 25.6 Å². The number of anilines is 2. The predicted octanol–water partition coefficient (Wildman–Crippen LogP) is 3.02. The zero-order valence-electron chi connectivity index (χ0n) is 18.4. The highest BCUT2D eigenvalue weighted by Crippen LogP contribution is 2.37. The summed E-state index contributed by atoms with van der Waals surface area (Å²) in [5, 5.41) is 7.59. The van der Waals surface area contributed by atoms with Crippen LogP contribution in [0.25, 0.3) is 11.0 Å². The fourth-order valence-corrected chi connectivity index (χ4v) is 5.00. The van der Waals surface area contributed by atoms with Gasteiger partial charge in [-0.2, -0.15) is 0 Å². The molecule has 0 spiro atoms. The number of rotatable bonds is 8. The molecule has 176 valence electrons. The van der Waals surface area contributed by atoms with E-state index in [1.165, 1.54) is 12.6 Å². The van der Waals surface area contributed by atoms with Gasteiger partial charge in [0.05, 0.1) is 23.9 Å². The number of aromatic amines is 1. The van der Waals surface area contributed by atoms with Crippen LogP contribution < -0.4 is 15.4 Å². The Morgan fingerprint density at radius 2 is 2.15 bits per heavy atom. The number of nitrogens with one attached hydrogen (secondary N) is 3. The van der Waals surface area contributed by atoms with Crippen molar-refractivity contribution < 1.29 is 17.9 Å².